The number of nitrogens with zero attached hydrogens (tertiary/aromatic N) is 2. The summed E-state index contributed by atoms with van der Waals surface area (Å²) in [5.74, 6) is 13.5. The van der Waals surface area contributed by atoms with E-state index < -0.39 is 0 Å². The second-order valence-electron chi connectivity index (χ2n) is 13.0. The number of phenols is 1. The van der Waals surface area contributed by atoms with Gasteiger partial charge in [-0.3, -0.25) is 9.59 Å². The highest BCUT2D eigenvalue weighted by Gasteiger charge is 2.32. The van der Waals surface area contributed by atoms with Gasteiger partial charge in [-0.05, 0) is 96.2 Å². The van der Waals surface area contributed by atoms with E-state index in [9.17, 15) is 14.7 Å². The molecule has 0 radical (unpaired) electrons. The minimum atomic E-state index is -0.0473. The summed E-state index contributed by atoms with van der Waals surface area (Å²) in [5.41, 5.74) is 6.04. The quantitative estimate of drug-likeness (QED) is 0.238. The summed E-state index contributed by atoms with van der Waals surface area (Å²) in [7, 11) is 1.64. The monoisotopic (exact) mass is 596 g/mol. The van der Waals surface area contributed by atoms with E-state index >= 15 is 0 Å². The van der Waals surface area contributed by atoms with Crippen LogP contribution in [0.4, 0.5) is 0 Å². The lowest BCUT2D eigenvalue weighted by Crippen LogP contribution is -2.28. The Balaban J connectivity index is 0.000000178. The molecule has 1 N–H and O–H groups in total. The van der Waals surface area contributed by atoms with Crippen LogP contribution in [0.1, 0.15) is 95.2 Å². The predicted molar refractivity (Wildman–Crippen MR) is 174 cm³/mol. The third-order valence-corrected chi connectivity index (χ3v) is 7.71. The zero-order valence-electron chi connectivity index (χ0n) is 26.3. The van der Waals surface area contributed by atoms with Gasteiger partial charge in [0.05, 0.1) is 18.5 Å². The third kappa shape index (κ3) is 8.05. The summed E-state index contributed by atoms with van der Waals surface area (Å²) < 4.78 is 5.20. The van der Waals surface area contributed by atoms with Gasteiger partial charge in [-0.25, -0.2) is 9.97 Å². The lowest BCUT2D eigenvalue weighted by molar-refractivity contribution is 0.0900. The van der Waals surface area contributed by atoms with Gasteiger partial charge in [0.2, 0.25) is 0 Å². The first kappa shape index (κ1) is 31.2. The van der Waals surface area contributed by atoms with E-state index in [2.05, 4.69) is 61.3 Å². The number of aromatic nitrogens is 2. The Morgan fingerprint density at radius 3 is 1.62 bits per heavy atom. The van der Waals surface area contributed by atoms with Gasteiger partial charge in [-0.1, -0.05) is 51.7 Å². The van der Waals surface area contributed by atoms with Crippen LogP contribution in [0.2, 0.25) is 0 Å². The molecular formula is C39H36N2O4. The summed E-state index contributed by atoms with van der Waals surface area (Å²) in [5, 5.41) is 9.43. The van der Waals surface area contributed by atoms with E-state index in [-0.39, 0.29) is 28.1 Å². The number of fused-ring (bicyclic) bond motifs is 2. The van der Waals surface area contributed by atoms with Gasteiger partial charge in [-0.2, -0.15) is 0 Å². The molecule has 2 aliphatic carbocycles. The van der Waals surface area contributed by atoms with Crippen molar-refractivity contribution in [2.24, 2.45) is 10.8 Å². The number of Topliss-reactive ketones (excluding diaryl/α,β-unsaturated/α-hetero) is 2. The largest absolute Gasteiger partial charge is 0.508 e. The van der Waals surface area contributed by atoms with Crippen molar-refractivity contribution >= 4 is 11.6 Å². The summed E-state index contributed by atoms with van der Waals surface area (Å²) >= 11 is 0. The number of benzene rings is 2. The van der Waals surface area contributed by atoms with Gasteiger partial charge < -0.3 is 9.84 Å². The number of hydrogen-bond acceptors (Lipinski definition) is 6. The fraction of sp³-hybridized carbons (Fsp3) is 0.282. The number of pyridine rings is 2. The molecule has 0 bridgehead atoms. The average Bonchev–Trinajstić information content (AvgIpc) is 2.98. The van der Waals surface area contributed by atoms with Crippen LogP contribution in [-0.4, -0.2) is 33.8 Å². The molecule has 0 aliphatic heterocycles. The SMILES string of the molecule is CC1(C)CC(=O)c2ccc(C#Cc3cccc(O)c3)nc2C1.COc1cccc(C#Cc2ccc3c(n2)CC(C)(C)CC3=O)c1. The number of ketones is 2. The Bertz CT molecular complexity index is 1910. The summed E-state index contributed by atoms with van der Waals surface area (Å²) in [6.45, 7) is 8.37. The van der Waals surface area contributed by atoms with Gasteiger partial charge in [0, 0.05) is 35.1 Å². The van der Waals surface area contributed by atoms with Gasteiger partial charge in [0.15, 0.2) is 11.6 Å². The van der Waals surface area contributed by atoms with Crippen LogP contribution >= 0.6 is 0 Å². The number of phenolic OH excluding ortho intramolecular Hbond substituents is 1. The zero-order chi connectivity index (χ0) is 32.2. The minimum Gasteiger partial charge on any atom is -0.508 e. The van der Waals surface area contributed by atoms with Crippen molar-refractivity contribution in [2.45, 2.75) is 53.4 Å². The molecule has 0 atom stereocenters. The van der Waals surface area contributed by atoms with Crippen LogP contribution in [0, 0.1) is 34.5 Å². The maximum absolute atomic E-state index is 12.2. The summed E-state index contributed by atoms with van der Waals surface area (Å²) in [6.07, 6.45) is 2.74. The van der Waals surface area contributed by atoms with Crippen molar-refractivity contribution in [1.82, 2.24) is 9.97 Å². The first-order valence-electron chi connectivity index (χ1n) is 14.9. The summed E-state index contributed by atoms with van der Waals surface area (Å²) in [4.78, 5) is 33.4. The standard InChI is InChI=1S/C20H19NO2.C19H17NO2/c1-20(2)12-18-17(19(22)13-20)10-9-15(21-18)8-7-14-5-4-6-16(11-14)23-3;1-19(2)11-17-16(18(22)12-19)9-8-14(20-17)7-6-13-4-3-5-15(21)10-13/h4-6,9-11H,12-13H2,1-3H3;3-5,8-10,21H,11-12H2,1-2H3. The predicted octanol–water partition coefficient (Wildman–Crippen LogP) is 6.99. The molecule has 6 nitrogen and oxygen atoms in total. The van der Waals surface area contributed by atoms with E-state index in [1.165, 1.54) is 0 Å². The van der Waals surface area contributed by atoms with E-state index in [1.807, 2.05) is 48.5 Å². The first-order chi connectivity index (χ1) is 21.4. The Kier molecular flexibility index (Phi) is 8.89. The maximum Gasteiger partial charge on any atom is 0.165 e. The molecule has 226 valence electrons. The Morgan fingerprint density at radius 2 is 1.13 bits per heavy atom. The average molecular weight is 597 g/mol. The van der Waals surface area contributed by atoms with Crippen LogP contribution in [0.5, 0.6) is 11.5 Å². The smallest absolute Gasteiger partial charge is 0.165 e. The Hall–Kier alpha value is -5.20. The molecule has 6 rings (SSSR count). The molecule has 0 saturated heterocycles. The molecule has 2 heterocycles. The normalized spacial score (nSPS) is 15.5. The van der Waals surface area contributed by atoms with E-state index in [0.29, 0.717) is 24.2 Å². The van der Waals surface area contributed by atoms with Crippen molar-refractivity contribution in [3.05, 3.63) is 118 Å². The number of methoxy groups -OCH3 is 1. The molecule has 0 saturated carbocycles. The number of aromatic hydroxyl groups is 1. The molecule has 2 aromatic carbocycles. The van der Waals surface area contributed by atoms with Gasteiger partial charge >= 0.3 is 0 Å². The molecule has 0 spiro atoms. The number of rotatable bonds is 1. The molecular weight excluding hydrogens is 560 g/mol. The van der Waals surface area contributed by atoms with Gasteiger partial charge in [0.1, 0.15) is 22.9 Å². The molecule has 45 heavy (non-hydrogen) atoms. The topological polar surface area (TPSA) is 89.4 Å². The minimum absolute atomic E-state index is 0.0318. The highest BCUT2D eigenvalue weighted by molar-refractivity contribution is 5.99. The van der Waals surface area contributed by atoms with Crippen molar-refractivity contribution in [1.29, 1.82) is 0 Å². The van der Waals surface area contributed by atoms with Gasteiger partial charge in [-0.15, -0.1) is 0 Å². The van der Waals surface area contributed by atoms with E-state index in [4.69, 9.17) is 4.74 Å². The molecule has 0 unspecified atom stereocenters. The second-order valence-corrected chi connectivity index (χ2v) is 13.0. The highest BCUT2D eigenvalue weighted by atomic mass is 16.5. The molecule has 4 aromatic rings. The summed E-state index contributed by atoms with van der Waals surface area (Å²) in [6, 6.07) is 21.7. The van der Waals surface area contributed by atoms with E-state index in [0.717, 1.165) is 52.2 Å². The first-order valence-corrected chi connectivity index (χ1v) is 14.9. The number of carbonyl (C=O) groups is 2. The lowest BCUT2D eigenvalue weighted by Gasteiger charge is -2.29. The van der Waals surface area contributed by atoms with Crippen molar-refractivity contribution in [3.8, 4) is 35.2 Å². The fourth-order valence-electron chi connectivity index (χ4n) is 5.57. The fourth-order valence-corrected chi connectivity index (χ4v) is 5.57. The number of hydrogen-bond donors (Lipinski definition) is 1. The highest BCUT2D eigenvalue weighted by Crippen LogP contribution is 2.34. The van der Waals surface area contributed by atoms with Crippen molar-refractivity contribution in [3.63, 3.8) is 0 Å². The maximum atomic E-state index is 12.2. The molecule has 2 aliphatic rings. The van der Waals surface area contributed by atoms with Crippen molar-refractivity contribution in [2.75, 3.05) is 7.11 Å². The number of carbonyl (C=O) groups excluding carboxylic acids is 2. The van der Waals surface area contributed by atoms with Crippen LogP contribution in [0.15, 0.2) is 72.8 Å². The molecule has 6 heteroatoms. The molecule has 2 aromatic heterocycles. The Labute approximate surface area is 264 Å². The third-order valence-electron chi connectivity index (χ3n) is 7.71. The lowest BCUT2D eigenvalue weighted by atomic mass is 9.75. The Morgan fingerprint density at radius 1 is 0.644 bits per heavy atom. The molecule has 0 fully saturated rings. The van der Waals surface area contributed by atoms with E-state index in [1.54, 1.807) is 31.4 Å². The van der Waals surface area contributed by atoms with Crippen LogP contribution < -0.4 is 4.74 Å². The zero-order valence-corrected chi connectivity index (χ0v) is 26.3. The number of ether oxygens (including phenoxy) is 1. The molecule has 0 amide bonds. The van der Waals surface area contributed by atoms with Gasteiger partial charge in [0.25, 0.3) is 0 Å². The van der Waals surface area contributed by atoms with Crippen LogP contribution in [-0.2, 0) is 12.8 Å². The second kappa shape index (κ2) is 12.8. The van der Waals surface area contributed by atoms with Crippen molar-refractivity contribution < 1.29 is 19.4 Å². The van der Waals surface area contributed by atoms with Crippen LogP contribution in [0.3, 0.4) is 0 Å². The van der Waals surface area contributed by atoms with Crippen LogP contribution in [0.25, 0.3) is 0 Å².